The maximum atomic E-state index is 14.6. The second-order valence-electron chi connectivity index (χ2n) is 12.9. The Morgan fingerprint density at radius 2 is 1.57 bits per heavy atom. The number of nitrogens with zero attached hydrogens (tertiary/aromatic N) is 1. The predicted molar refractivity (Wildman–Crippen MR) is 163 cm³/mol. The van der Waals surface area contributed by atoms with E-state index in [4.69, 9.17) is 4.74 Å². The van der Waals surface area contributed by atoms with Crippen LogP contribution in [0.15, 0.2) is 48.5 Å². The summed E-state index contributed by atoms with van der Waals surface area (Å²) in [6.07, 6.45) is 6.35. The van der Waals surface area contributed by atoms with E-state index in [9.17, 15) is 19.5 Å². The van der Waals surface area contributed by atoms with Crippen molar-refractivity contribution < 1.29 is 24.2 Å². The van der Waals surface area contributed by atoms with Gasteiger partial charge in [-0.25, -0.2) is 4.79 Å². The molecule has 2 aromatic carbocycles. The molecule has 0 aliphatic heterocycles. The van der Waals surface area contributed by atoms with E-state index in [1.807, 2.05) is 24.3 Å². The van der Waals surface area contributed by atoms with Crippen LogP contribution in [-0.4, -0.2) is 51.6 Å². The molecule has 0 spiro atoms. The van der Waals surface area contributed by atoms with Crippen LogP contribution >= 0.6 is 0 Å². The van der Waals surface area contributed by atoms with Crippen molar-refractivity contribution in [3.8, 4) is 5.75 Å². The molecule has 0 saturated heterocycles. The van der Waals surface area contributed by atoms with Crippen LogP contribution in [0.1, 0.15) is 95.9 Å². The van der Waals surface area contributed by atoms with Crippen LogP contribution in [0.2, 0.25) is 0 Å². The fraction of sp³-hybridized carbons (Fsp3) is 0.559. The number of benzene rings is 2. The van der Waals surface area contributed by atoms with Gasteiger partial charge in [0.05, 0.1) is 0 Å². The number of ether oxygens (including phenoxy) is 1. The Balaban J connectivity index is 1.71. The highest BCUT2D eigenvalue weighted by atomic mass is 16.6. The number of hydrogen-bond acceptors (Lipinski definition) is 5. The lowest BCUT2D eigenvalue weighted by Crippen LogP contribution is -2.55. The van der Waals surface area contributed by atoms with Crippen molar-refractivity contribution in [2.45, 2.75) is 116 Å². The Bertz CT molecular complexity index is 1220. The minimum Gasteiger partial charge on any atom is -0.508 e. The molecule has 2 fully saturated rings. The van der Waals surface area contributed by atoms with Gasteiger partial charge >= 0.3 is 6.09 Å². The van der Waals surface area contributed by atoms with Crippen LogP contribution in [-0.2, 0) is 27.2 Å². The summed E-state index contributed by atoms with van der Waals surface area (Å²) >= 11 is 0. The number of aryl methyl sites for hydroxylation is 1. The Kier molecular flexibility index (Phi) is 10.2. The fourth-order valence-electron chi connectivity index (χ4n) is 5.77. The molecule has 8 nitrogen and oxygen atoms in total. The van der Waals surface area contributed by atoms with Crippen LogP contribution < -0.4 is 10.6 Å². The summed E-state index contributed by atoms with van der Waals surface area (Å²) in [6, 6.07) is 12.7. The number of carbonyl (C=O) groups is 3. The van der Waals surface area contributed by atoms with Gasteiger partial charge in [-0.1, -0.05) is 69.5 Å². The van der Waals surface area contributed by atoms with Gasteiger partial charge in [0.2, 0.25) is 11.8 Å². The van der Waals surface area contributed by atoms with E-state index in [-0.39, 0.29) is 42.0 Å². The topological polar surface area (TPSA) is 108 Å². The van der Waals surface area contributed by atoms with E-state index in [1.165, 1.54) is 6.42 Å². The van der Waals surface area contributed by atoms with Gasteiger partial charge in [0, 0.05) is 18.5 Å². The summed E-state index contributed by atoms with van der Waals surface area (Å²) < 4.78 is 5.53. The average Bonchev–Trinajstić information content (AvgIpc) is 3.67. The van der Waals surface area contributed by atoms with Crippen LogP contribution in [0, 0.1) is 5.92 Å². The number of nitrogens with one attached hydrogen (secondary N) is 2. The minimum atomic E-state index is -0.975. The normalized spacial score (nSPS) is 20.2. The zero-order valence-corrected chi connectivity index (χ0v) is 25.7. The molecule has 0 heterocycles. The first-order valence-corrected chi connectivity index (χ1v) is 15.4. The summed E-state index contributed by atoms with van der Waals surface area (Å²) in [5, 5.41) is 15.9. The highest BCUT2D eigenvalue weighted by molar-refractivity contribution is 5.93. The number of carbonyl (C=O) groups excluding carboxylic acids is 3. The van der Waals surface area contributed by atoms with E-state index >= 15 is 0 Å². The number of aromatic hydroxyl groups is 1. The molecular formula is C34H47N3O5. The molecule has 2 aliphatic rings. The quantitative estimate of drug-likeness (QED) is 0.330. The lowest BCUT2D eigenvalue weighted by atomic mass is 9.94. The zero-order valence-electron chi connectivity index (χ0n) is 25.7. The van der Waals surface area contributed by atoms with Crippen molar-refractivity contribution in [3.05, 3.63) is 65.2 Å². The minimum absolute atomic E-state index is 0.0879. The van der Waals surface area contributed by atoms with E-state index in [2.05, 4.69) is 24.5 Å². The molecule has 3 amide bonds. The largest absolute Gasteiger partial charge is 0.508 e. The molecule has 42 heavy (non-hydrogen) atoms. The van der Waals surface area contributed by atoms with E-state index in [0.29, 0.717) is 0 Å². The summed E-state index contributed by atoms with van der Waals surface area (Å²) in [5.41, 5.74) is 1.93. The van der Waals surface area contributed by atoms with E-state index in [1.54, 1.807) is 49.9 Å². The molecule has 2 saturated carbocycles. The van der Waals surface area contributed by atoms with Crippen molar-refractivity contribution >= 4 is 17.9 Å². The molecule has 2 aliphatic carbocycles. The van der Waals surface area contributed by atoms with E-state index < -0.39 is 23.8 Å². The second kappa shape index (κ2) is 13.6. The number of phenols is 1. The van der Waals surface area contributed by atoms with Crippen molar-refractivity contribution in [3.63, 3.8) is 0 Å². The standard InChI is InChI=1S/C34H47N3O5/c1-6-23-12-16-25(17-13-23)30(31(39)35-26-10-8-7-9-11-26)37(29-20-22(29)2)32(40)28(36-33(41)42-34(3,4)5)21-24-14-18-27(38)19-15-24/h12-19,22,26,28-30,38H,6-11,20-21H2,1-5H3,(H,35,39)(H,36,41). The number of phenolic OH excluding ortho intramolecular Hbond substituents is 1. The SMILES string of the molecule is CCc1ccc(C(C(=O)NC2CCCCC2)N(C(=O)C(Cc2ccc(O)cc2)NC(=O)OC(C)(C)C)C2CC2C)cc1. The molecular weight excluding hydrogens is 530 g/mol. The first-order valence-electron chi connectivity index (χ1n) is 15.4. The Morgan fingerprint density at radius 3 is 2.12 bits per heavy atom. The molecule has 3 N–H and O–H groups in total. The summed E-state index contributed by atoms with van der Waals surface area (Å²) in [7, 11) is 0. The monoisotopic (exact) mass is 577 g/mol. The third kappa shape index (κ3) is 8.49. The molecule has 0 radical (unpaired) electrons. The molecule has 228 valence electrons. The van der Waals surface area contributed by atoms with Gasteiger partial charge in [0.1, 0.15) is 23.4 Å². The highest BCUT2D eigenvalue weighted by Crippen LogP contribution is 2.41. The van der Waals surface area contributed by atoms with Crippen molar-refractivity contribution in [2.24, 2.45) is 5.92 Å². The summed E-state index contributed by atoms with van der Waals surface area (Å²) in [5.74, 6) is -0.166. The Hall–Kier alpha value is -3.55. The molecule has 0 bridgehead atoms. The maximum absolute atomic E-state index is 14.6. The average molecular weight is 578 g/mol. The fourth-order valence-corrected chi connectivity index (χ4v) is 5.77. The van der Waals surface area contributed by atoms with Gasteiger partial charge in [-0.3, -0.25) is 9.59 Å². The third-order valence-corrected chi connectivity index (χ3v) is 8.23. The van der Waals surface area contributed by atoms with Gasteiger partial charge in [-0.15, -0.1) is 0 Å². The second-order valence-corrected chi connectivity index (χ2v) is 12.9. The predicted octanol–water partition coefficient (Wildman–Crippen LogP) is 5.82. The summed E-state index contributed by atoms with van der Waals surface area (Å²) in [6.45, 7) is 9.48. The van der Waals surface area contributed by atoms with Crippen molar-refractivity contribution in [1.29, 1.82) is 0 Å². The number of rotatable bonds is 10. The van der Waals surface area contributed by atoms with Crippen LogP contribution in [0.3, 0.4) is 0 Å². The van der Waals surface area contributed by atoms with Gasteiger partial charge in [0.25, 0.3) is 0 Å². The number of alkyl carbamates (subject to hydrolysis) is 1. The highest BCUT2D eigenvalue weighted by Gasteiger charge is 2.48. The van der Waals surface area contributed by atoms with Crippen molar-refractivity contribution in [1.82, 2.24) is 15.5 Å². The van der Waals surface area contributed by atoms with Crippen LogP contribution in [0.25, 0.3) is 0 Å². The lowest BCUT2D eigenvalue weighted by Gasteiger charge is -2.36. The zero-order chi connectivity index (χ0) is 30.4. The number of hydrogen-bond donors (Lipinski definition) is 3. The van der Waals surface area contributed by atoms with Gasteiger partial charge in [0.15, 0.2) is 0 Å². The molecule has 8 heteroatoms. The first-order chi connectivity index (χ1) is 19.9. The third-order valence-electron chi connectivity index (χ3n) is 8.23. The smallest absolute Gasteiger partial charge is 0.408 e. The van der Waals surface area contributed by atoms with E-state index in [0.717, 1.165) is 55.2 Å². The maximum Gasteiger partial charge on any atom is 0.408 e. The number of amides is 3. The molecule has 0 aromatic heterocycles. The van der Waals surface area contributed by atoms with Crippen LogP contribution in [0.4, 0.5) is 4.79 Å². The molecule has 4 unspecified atom stereocenters. The molecule has 4 atom stereocenters. The summed E-state index contributed by atoms with van der Waals surface area (Å²) in [4.78, 5) is 43.4. The van der Waals surface area contributed by atoms with Gasteiger partial charge < -0.3 is 25.4 Å². The molecule has 4 rings (SSSR count). The van der Waals surface area contributed by atoms with Gasteiger partial charge in [-0.05, 0) is 81.2 Å². The van der Waals surface area contributed by atoms with Crippen molar-refractivity contribution in [2.75, 3.05) is 0 Å². The Morgan fingerprint density at radius 1 is 0.976 bits per heavy atom. The first kappa shape index (κ1) is 31.4. The Labute approximate surface area is 250 Å². The molecule has 2 aromatic rings. The lowest BCUT2D eigenvalue weighted by molar-refractivity contribution is -0.143. The van der Waals surface area contributed by atoms with Gasteiger partial charge in [-0.2, -0.15) is 0 Å². The van der Waals surface area contributed by atoms with Crippen LogP contribution in [0.5, 0.6) is 5.75 Å².